The Morgan fingerprint density at radius 1 is 1.30 bits per heavy atom. The fraction of sp³-hybridized carbons (Fsp3) is 0.562. The summed E-state index contributed by atoms with van der Waals surface area (Å²) in [7, 11) is 0. The van der Waals surface area contributed by atoms with Gasteiger partial charge in [-0.15, -0.1) is 0 Å². The van der Waals surface area contributed by atoms with Crippen LogP contribution < -0.4 is 5.32 Å². The van der Waals surface area contributed by atoms with Gasteiger partial charge in [-0.25, -0.2) is 0 Å². The second kappa shape index (κ2) is 6.16. The van der Waals surface area contributed by atoms with Crippen molar-refractivity contribution < 1.29 is 14.6 Å². The van der Waals surface area contributed by atoms with Crippen LogP contribution in [0.3, 0.4) is 0 Å². The zero-order chi connectivity index (χ0) is 14.6. The highest BCUT2D eigenvalue weighted by Crippen LogP contribution is 2.36. The molecular weight excluding hydrogens is 254 g/mol. The van der Waals surface area contributed by atoms with Crippen molar-refractivity contribution in [1.29, 1.82) is 0 Å². The van der Waals surface area contributed by atoms with Gasteiger partial charge in [-0.3, -0.25) is 4.79 Å². The normalized spacial score (nSPS) is 18.5. The van der Waals surface area contributed by atoms with E-state index in [4.69, 9.17) is 4.74 Å². The molecule has 20 heavy (non-hydrogen) atoms. The van der Waals surface area contributed by atoms with E-state index in [-0.39, 0.29) is 24.4 Å². The number of hydrogen-bond donors (Lipinski definition) is 2. The highest BCUT2D eigenvalue weighted by Gasteiger charge is 2.28. The molecule has 2 N–H and O–H groups in total. The molecule has 0 spiro atoms. The van der Waals surface area contributed by atoms with E-state index in [2.05, 4.69) is 19.2 Å². The number of phenolic OH excluding ortho intramolecular Hbond substituents is 1. The third-order valence-electron chi connectivity index (χ3n) is 3.89. The SMILES string of the molecule is CC1(C)CCC(OC(=O)CNc2ccc(O)cc2)CC1. The number of hydrogen-bond acceptors (Lipinski definition) is 4. The Hall–Kier alpha value is -1.71. The first-order valence-electron chi connectivity index (χ1n) is 7.17. The summed E-state index contributed by atoms with van der Waals surface area (Å²) in [5.74, 6) is -0.00859. The Kier molecular flexibility index (Phi) is 4.53. The fourth-order valence-corrected chi connectivity index (χ4v) is 2.47. The van der Waals surface area contributed by atoms with Crippen molar-refractivity contribution in [2.45, 2.75) is 45.6 Å². The topological polar surface area (TPSA) is 58.6 Å². The summed E-state index contributed by atoms with van der Waals surface area (Å²) < 4.78 is 5.48. The van der Waals surface area contributed by atoms with Gasteiger partial charge in [0.15, 0.2) is 0 Å². The molecule has 0 radical (unpaired) electrons. The van der Waals surface area contributed by atoms with Gasteiger partial charge in [0, 0.05) is 5.69 Å². The monoisotopic (exact) mass is 277 g/mol. The highest BCUT2D eigenvalue weighted by atomic mass is 16.5. The van der Waals surface area contributed by atoms with E-state index < -0.39 is 0 Å². The van der Waals surface area contributed by atoms with Crippen molar-refractivity contribution >= 4 is 11.7 Å². The predicted molar refractivity (Wildman–Crippen MR) is 78.7 cm³/mol. The van der Waals surface area contributed by atoms with Gasteiger partial charge in [0.05, 0.1) is 0 Å². The molecule has 2 rings (SSSR count). The van der Waals surface area contributed by atoms with Crippen molar-refractivity contribution in [1.82, 2.24) is 0 Å². The van der Waals surface area contributed by atoms with E-state index in [9.17, 15) is 9.90 Å². The van der Waals surface area contributed by atoms with Gasteiger partial charge in [-0.05, 0) is 55.4 Å². The number of ether oxygens (including phenoxy) is 1. The zero-order valence-electron chi connectivity index (χ0n) is 12.2. The quantitative estimate of drug-likeness (QED) is 0.655. The molecule has 0 amide bonds. The molecule has 4 nitrogen and oxygen atoms in total. The maximum Gasteiger partial charge on any atom is 0.325 e. The summed E-state index contributed by atoms with van der Waals surface area (Å²) in [6.07, 6.45) is 4.19. The van der Waals surface area contributed by atoms with Crippen LogP contribution in [-0.4, -0.2) is 23.7 Å². The minimum absolute atomic E-state index is 0.0668. The van der Waals surface area contributed by atoms with Crippen molar-refractivity contribution in [3.05, 3.63) is 24.3 Å². The highest BCUT2D eigenvalue weighted by molar-refractivity contribution is 5.75. The van der Waals surface area contributed by atoms with Crippen LogP contribution in [0.1, 0.15) is 39.5 Å². The average molecular weight is 277 g/mol. The number of nitrogens with one attached hydrogen (secondary N) is 1. The van der Waals surface area contributed by atoms with Gasteiger partial charge in [-0.2, -0.15) is 0 Å². The van der Waals surface area contributed by atoms with Gasteiger partial charge >= 0.3 is 5.97 Å². The Morgan fingerprint density at radius 2 is 1.90 bits per heavy atom. The number of aromatic hydroxyl groups is 1. The number of anilines is 1. The lowest BCUT2D eigenvalue weighted by Gasteiger charge is -2.33. The number of benzene rings is 1. The maximum absolute atomic E-state index is 11.8. The molecule has 0 aliphatic heterocycles. The second-order valence-corrected chi connectivity index (χ2v) is 6.25. The molecule has 1 saturated carbocycles. The van der Waals surface area contributed by atoms with Crippen molar-refractivity contribution in [3.8, 4) is 5.75 Å². The molecule has 0 heterocycles. The molecule has 0 saturated heterocycles. The first kappa shape index (κ1) is 14.7. The standard InChI is InChI=1S/C16H23NO3/c1-16(2)9-7-14(8-10-16)20-15(19)11-17-12-3-5-13(18)6-4-12/h3-6,14,17-18H,7-11H2,1-2H3. The van der Waals surface area contributed by atoms with Crippen LogP contribution >= 0.6 is 0 Å². The summed E-state index contributed by atoms with van der Waals surface area (Å²) in [6, 6.07) is 6.62. The van der Waals surface area contributed by atoms with Crippen molar-refractivity contribution in [2.75, 3.05) is 11.9 Å². The van der Waals surface area contributed by atoms with Crippen molar-refractivity contribution in [2.24, 2.45) is 5.41 Å². The lowest BCUT2D eigenvalue weighted by Crippen LogP contribution is -2.30. The van der Waals surface area contributed by atoms with Crippen LogP contribution in [0.25, 0.3) is 0 Å². The molecule has 0 bridgehead atoms. The summed E-state index contributed by atoms with van der Waals surface area (Å²) in [5.41, 5.74) is 1.18. The van der Waals surface area contributed by atoms with E-state index in [0.717, 1.165) is 31.4 Å². The molecule has 1 aliphatic carbocycles. The Bertz CT molecular complexity index is 443. The van der Waals surface area contributed by atoms with E-state index in [1.165, 1.54) is 0 Å². The smallest absolute Gasteiger partial charge is 0.325 e. The number of esters is 1. The largest absolute Gasteiger partial charge is 0.508 e. The molecule has 110 valence electrons. The van der Waals surface area contributed by atoms with Crippen LogP contribution in [0, 0.1) is 5.41 Å². The molecule has 0 unspecified atom stereocenters. The van der Waals surface area contributed by atoms with Crippen LogP contribution in [0.5, 0.6) is 5.75 Å². The number of carbonyl (C=O) groups is 1. The molecule has 1 fully saturated rings. The van der Waals surface area contributed by atoms with Gasteiger partial charge in [0.25, 0.3) is 0 Å². The van der Waals surface area contributed by atoms with E-state index in [1.54, 1.807) is 24.3 Å². The summed E-state index contributed by atoms with van der Waals surface area (Å²) in [4.78, 5) is 11.8. The maximum atomic E-state index is 11.8. The first-order chi connectivity index (χ1) is 9.44. The first-order valence-corrected chi connectivity index (χ1v) is 7.17. The molecule has 1 aromatic rings. The molecular formula is C16H23NO3. The lowest BCUT2D eigenvalue weighted by molar-refractivity contribution is -0.149. The van der Waals surface area contributed by atoms with Crippen LogP contribution in [0.15, 0.2) is 24.3 Å². The third-order valence-corrected chi connectivity index (χ3v) is 3.89. The average Bonchev–Trinajstić information content (AvgIpc) is 2.41. The van der Waals surface area contributed by atoms with Gasteiger partial charge in [0.2, 0.25) is 0 Å². The molecule has 1 aromatic carbocycles. The zero-order valence-corrected chi connectivity index (χ0v) is 12.2. The minimum Gasteiger partial charge on any atom is -0.508 e. The van der Waals surface area contributed by atoms with E-state index in [1.807, 2.05) is 0 Å². The lowest BCUT2D eigenvalue weighted by atomic mass is 9.76. The van der Waals surface area contributed by atoms with Crippen LogP contribution in [-0.2, 0) is 9.53 Å². The van der Waals surface area contributed by atoms with Crippen LogP contribution in [0.2, 0.25) is 0 Å². The summed E-state index contributed by atoms with van der Waals surface area (Å²) in [6.45, 7) is 4.68. The third kappa shape index (κ3) is 4.44. The van der Waals surface area contributed by atoms with E-state index >= 15 is 0 Å². The molecule has 4 heteroatoms. The minimum atomic E-state index is -0.220. The molecule has 0 aromatic heterocycles. The Morgan fingerprint density at radius 3 is 2.50 bits per heavy atom. The van der Waals surface area contributed by atoms with Gasteiger partial charge in [0.1, 0.15) is 18.4 Å². The summed E-state index contributed by atoms with van der Waals surface area (Å²) in [5, 5.41) is 12.2. The Labute approximate surface area is 120 Å². The Balaban J connectivity index is 1.72. The summed E-state index contributed by atoms with van der Waals surface area (Å²) >= 11 is 0. The number of carbonyl (C=O) groups excluding carboxylic acids is 1. The number of phenols is 1. The number of rotatable bonds is 4. The fourth-order valence-electron chi connectivity index (χ4n) is 2.47. The molecule has 1 aliphatic rings. The van der Waals surface area contributed by atoms with Crippen LogP contribution in [0.4, 0.5) is 5.69 Å². The predicted octanol–water partition coefficient (Wildman–Crippen LogP) is 3.32. The second-order valence-electron chi connectivity index (χ2n) is 6.25. The molecule has 0 atom stereocenters. The van der Waals surface area contributed by atoms with E-state index in [0.29, 0.717) is 5.41 Å². The van der Waals surface area contributed by atoms with Gasteiger partial charge < -0.3 is 15.2 Å². The van der Waals surface area contributed by atoms with Gasteiger partial charge in [-0.1, -0.05) is 13.8 Å². The van der Waals surface area contributed by atoms with Crippen molar-refractivity contribution in [3.63, 3.8) is 0 Å².